The quantitative estimate of drug-likeness (QED) is 0.247. The zero-order chi connectivity index (χ0) is 15.2. The van der Waals surface area contributed by atoms with Gasteiger partial charge in [-0.3, -0.25) is 0 Å². The lowest BCUT2D eigenvalue weighted by Gasteiger charge is -2.15. The molecule has 0 N–H and O–H groups in total. The maximum atomic E-state index is 11.8. The predicted octanol–water partition coefficient (Wildman–Crippen LogP) is 5.66. The zero-order valence-corrected chi connectivity index (χ0v) is 13.9. The minimum absolute atomic E-state index is 0.185. The molecule has 0 rings (SSSR count). The van der Waals surface area contributed by atoms with Crippen LogP contribution in [0.2, 0.25) is 0 Å². The summed E-state index contributed by atoms with van der Waals surface area (Å²) in [6, 6.07) is 0. The summed E-state index contributed by atoms with van der Waals surface area (Å²) in [5.41, 5.74) is 0.645. The molecule has 118 valence electrons. The van der Waals surface area contributed by atoms with Crippen molar-refractivity contribution in [2.45, 2.75) is 85.0 Å². The first kappa shape index (κ1) is 19.2. The Bertz CT molecular complexity index is 258. The van der Waals surface area contributed by atoms with Crippen molar-refractivity contribution in [1.82, 2.24) is 0 Å². The third-order valence-electron chi connectivity index (χ3n) is 3.86. The van der Waals surface area contributed by atoms with E-state index in [0.717, 1.165) is 25.7 Å². The lowest BCUT2D eigenvalue weighted by Crippen LogP contribution is -2.15. The molecule has 2 nitrogen and oxygen atoms in total. The highest BCUT2D eigenvalue weighted by Crippen LogP contribution is 2.15. The van der Waals surface area contributed by atoms with E-state index < -0.39 is 0 Å². The van der Waals surface area contributed by atoms with Crippen LogP contribution < -0.4 is 0 Å². The monoisotopic (exact) mass is 282 g/mol. The highest BCUT2D eigenvalue weighted by Gasteiger charge is 2.12. The normalized spacial score (nSPS) is 12.2. The Hall–Kier alpha value is -0.790. The molecular formula is C18H34O2. The number of carbonyl (C=O) groups excluding carboxylic acids is 1. The average Bonchev–Trinajstić information content (AvgIpc) is 2.46. The molecule has 0 aromatic carbocycles. The fourth-order valence-corrected chi connectivity index (χ4v) is 2.24. The van der Waals surface area contributed by atoms with Crippen molar-refractivity contribution >= 4 is 5.97 Å². The van der Waals surface area contributed by atoms with Gasteiger partial charge in [-0.05, 0) is 25.2 Å². The number of esters is 1. The first-order chi connectivity index (χ1) is 9.65. The van der Waals surface area contributed by atoms with Gasteiger partial charge in [0.15, 0.2) is 0 Å². The molecule has 0 amide bonds. The molecule has 0 bridgehead atoms. The number of rotatable bonds is 13. The van der Waals surface area contributed by atoms with E-state index in [-0.39, 0.29) is 5.97 Å². The number of hydrogen-bond donors (Lipinski definition) is 0. The Kier molecular flexibility index (Phi) is 12.7. The second-order valence-corrected chi connectivity index (χ2v) is 5.78. The lowest BCUT2D eigenvalue weighted by molar-refractivity contribution is -0.140. The van der Waals surface area contributed by atoms with E-state index in [1.54, 1.807) is 0 Å². The molecule has 0 aliphatic heterocycles. The van der Waals surface area contributed by atoms with Gasteiger partial charge in [0.05, 0.1) is 6.61 Å². The Balaban J connectivity index is 3.75. The van der Waals surface area contributed by atoms with Crippen LogP contribution in [0.3, 0.4) is 0 Å². The van der Waals surface area contributed by atoms with Gasteiger partial charge in [-0.2, -0.15) is 0 Å². The largest absolute Gasteiger partial charge is 0.462 e. The van der Waals surface area contributed by atoms with Crippen molar-refractivity contribution in [3.05, 3.63) is 12.2 Å². The van der Waals surface area contributed by atoms with E-state index in [1.807, 2.05) is 0 Å². The van der Waals surface area contributed by atoms with Crippen LogP contribution in [0.25, 0.3) is 0 Å². The Morgan fingerprint density at radius 1 is 1.00 bits per heavy atom. The molecule has 0 aliphatic rings. The van der Waals surface area contributed by atoms with Gasteiger partial charge in [-0.25, -0.2) is 4.79 Å². The van der Waals surface area contributed by atoms with E-state index in [1.165, 1.54) is 38.5 Å². The van der Waals surface area contributed by atoms with Crippen molar-refractivity contribution in [2.75, 3.05) is 6.61 Å². The van der Waals surface area contributed by atoms with Crippen LogP contribution in [-0.4, -0.2) is 12.6 Å². The first-order valence-electron chi connectivity index (χ1n) is 8.50. The molecule has 0 aromatic heterocycles. The van der Waals surface area contributed by atoms with Crippen molar-refractivity contribution in [1.29, 1.82) is 0 Å². The Labute approximate surface area is 126 Å². The maximum Gasteiger partial charge on any atom is 0.333 e. The molecule has 1 unspecified atom stereocenters. The van der Waals surface area contributed by atoms with Crippen LogP contribution in [-0.2, 0) is 9.53 Å². The van der Waals surface area contributed by atoms with Crippen LogP contribution in [0.15, 0.2) is 12.2 Å². The third kappa shape index (κ3) is 10.1. The predicted molar refractivity (Wildman–Crippen MR) is 86.8 cm³/mol. The molecule has 0 radical (unpaired) electrons. The van der Waals surface area contributed by atoms with E-state index in [9.17, 15) is 4.79 Å². The van der Waals surface area contributed by atoms with Crippen LogP contribution in [0.4, 0.5) is 0 Å². The van der Waals surface area contributed by atoms with Gasteiger partial charge in [0.1, 0.15) is 0 Å². The van der Waals surface area contributed by atoms with E-state index >= 15 is 0 Å². The number of hydrogen-bond acceptors (Lipinski definition) is 2. The molecule has 0 saturated heterocycles. The van der Waals surface area contributed by atoms with E-state index in [4.69, 9.17) is 4.74 Å². The van der Waals surface area contributed by atoms with Crippen molar-refractivity contribution in [3.63, 3.8) is 0 Å². The minimum Gasteiger partial charge on any atom is -0.462 e. The molecule has 0 fully saturated rings. The van der Waals surface area contributed by atoms with Crippen LogP contribution in [0.5, 0.6) is 0 Å². The topological polar surface area (TPSA) is 26.3 Å². The maximum absolute atomic E-state index is 11.8. The van der Waals surface area contributed by atoms with Gasteiger partial charge >= 0.3 is 5.97 Å². The number of unbranched alkanes of at least 4 members (excludes halogenated alkanes) is 5. The molecule has 0 aliphatic carbocycles. The summed E-state index contributed by atoms with van der Waals surface area (Å²) in [5, 5.41) is 0. The smallest absolute Gasteiger partial charge is 0.333 e. The Morgan fingerprint density at radius 3 is 2.25 bits per heavy atom. The van der Waals surface area contributed by atoms with Gasteiger partial charge in [0.25, 0.3) is 0 Å². The summed E-state index contributed by atoms with van der Waals surface area (Å²) in [6.45, 7) is 11.0. The molecule has 0 spiro atoms. The standard InChI is InChI=1S/C18H34O2/c1-5-8-10-11-12-13-16(4)18(19)20-15-17(7-3)14-9-6-2/h17H,4-15H2,1-3H3. The fourth-order valence-electron chi connectivity index (χ4n) is 2.24. The van der Waals surface area contributed by atoms with Gasteiger partial charge in [0.2, 0.25) is 0 Å². The molecule has 0 heterocycles. The minimum atomic E-state index is -0.185. The molecule has 0 saturated carbocycles. The van der Waals surface area contributed by atoms with Crippen LogP contribution in [0, 0.1) is 5.92 Å². The lowest BCUT2D eigenvalue weighted by atomic mass is 10.0. The Morgan fingerprint density at radius 2 is 1.65 bits per heavy atom. The number of carbonyl (C=O) groups is 1. The molecular weight excluding hydrogens is 248 g/mol. The average molecular weight is 282 g/mol. The summed E-state index contributed by atoms with van der Waals surface area (Å²) in [5.74, 6) is 0.326. The van der Waals surface area contributed by atoms with E-state index in [2.05, 4.69) is 27.4 Å². The van der Waals surface area contributed by atoms with Crippen molar-refractivity contribution in [2.24, 2.45) is 5.92 Å². The summed E-state index contributed by atoms with van der Waals surface area (Å²) in [6.07, 6.45) is 11.5. The molecule has 1 atom stereocenters. The van der Waals surface area contributed by atoms with Gasteiger partial charge in [-0.1, -0.05) is 72.3 Å². The van der Waals surface area contributed by atoms with E-state index in [0.29, 0.717) is 18.1 Å². The fraction of sp³-hybridized carbons (Fsp3) is 0.833. The highest BCUT2D eigenvalue weighted by atomic mass is 16.5. The zero-order valence-electron chi connectivity index (χ0n) is 13.9. The molecule has 0 aromatic rings. The number of ether oxygens (including phenoxy) is 1. The van der Waals surface area contributed by atoms with Gasteiger partial charge in [0, 0.05) is 5.57 Å². The molecule has 2 heteroatoms. The van der Waals surface area contributed by atoms with Gasteiger partial charge < -0.3 is 4.74 Å². The first-order valence-corrected chi connectivity index (χ1v) is 8.50. The van der Waals surface area contributed by atoms with Crippen molar-refractivity contribution in [3.8, 4) is 0 Å². The molecule has 20 heavy (non-hydrogen) atoms. The summed E-state index contributed by atoms with van der Waals surface area (Å²) < 4.78 is 5.39. The second kappa shape index (κ2) is 13.2. The van der Waals surface area contributed by atoms with Crippen LogP contribution >= 0.6 is 0 Å². The highest BCUT2D eigenvalue weighted by molar-refractivity contribution is 5.87. The summed E-state index contributed by atoms with van der Waals surface area (Å²) >= 11 is 0. The van der Waals surface area contributed by atoms with Crippen molar-refractivity contribution < 1.29 is 9.53 Å². The SMILES string of the molecule is C=C(CCCCCCC)C(=O)OCC(CC)CCCC. The third-order valence-corrected chi connectivity index (χ3v) is 3.86. The van der Waals surface area contributed by atoms with Gasteiger partial charge in [-0.15, -0.1) is 0 Å². The summed E-state index contributed by atoms with van der Waals surface area (Å²) in [4.78, 5) is 11.8. The second-order valence-electron chi connectivity index (χ2n) is 5.78. The van der Waals surface area contributed by atoms with Crippen LogP contribution in [0.1, 0.15) is 85.0 Å². The summed E-state index contributed by atoms with van der Waals surface area (Å²) in [7, 11) is 0.